The minimum atomic E-state index is -0.551. The smallest absolute Gasteiger partial charge is 0.410 e. The van der Waals surface area contributed by atoms with Crippen molar-refractivity contribution in [3.63, 3.8) is 0 Å². The lowest BCUT2D eigenvalue weighted by atomic mass is 10.0. The fourth-order valence-electron chi connectivity index (χ4n) is 3.36. The average Bonchev–Trinajstić information content (AvgIpc) is 2.53. The molecule has 0 bridgehead atoms. The van der Waals surface area contributed by atoms with Crippen LogP contribution < -0.4 is 9.80 Å². The summed E-state index contributed by atoms with van der Waals surface area (Å²) in [6, 6.07) is -0.423. The second kappa shape index (κ2) is 5.89. The van der Waals surface area contributed by atoms with Gasteiger partial charge < -0.3 is 19.4 Å². The van der Waals surface area contributed by atoms with Crippen molar-refractivity contribution in [1.82, 2.24) is 9.88 Å². The van der Waals surface area contributed by atoms with Crippen LogP contribution in [-0.4, -0.2) is 60.2 Å². The maximum absolute atomic E-state index is 12.9. The number of aryl methyl sites for hydroxylation is 1. The molecule has 1 fully saturated rings. The van der Waals surface area contributed by atoms with Crippen LogP contribution >= 0.6 is 0 Å². The molecule has 136 valence electrons. The molecule has 0 spiro atoms. The number of amides is 2. The summed E-state index contributed by atoms with van der Waals surface area (Å²) in [5.41, 5.74) is 2.44. The van der Waals surface area contributed by atoms with Crippen LogP contribution in [0.25, 0.3) is 0 Å². The Morgan fingerprint density at radius 1 is 1.28 bits per heavy atom. The number of likely N-dealkylation sites (N-methyl/N-ethyl adjacent to an activating group) is 1. The van der Waals surface area contributed by atoms with Crippen molar-refractivity contribution < 1.29 is 14.3 Å². The third-order valence-electron chi connectivity index (χ3n) is 4.79. The van der Waals surface area contributed by atoms with Crippen molar-refractivity contribution in [1.29, 1.82) is 0 Å². The molecule has 0 saturated carbocycles. The van der Waals surface area contributed by atoms with Crippen LogP contribution in [0.4, 0.5) is 16.3 Å². The lowest BCUT2D eigenvalue weighted by Crippen LogP contribution is -2.63. The van der Waals surface area contributed by atoms with Gasteiger partial charge in [0.25, 0.3) is 5.91 Å². The first kappa shape index (κ1) is 17.5. The number of rotatable bonds is 0. The summed E-state index contributed by atoms with van der Waals surface area (Å²) in [4.78, 5) is 35.2. The topological polar surface area (TPSA) is 66.0 Å². The molecule has 1 unspecified atom stereocenters. The van der Waals surface area contributed by atoms with Crippen LogP contribution in [0.1, 0.15) is 31.9 Å². The van der Waals surface area contributed by atoms with Crippen molar-refractivity contribution >= 4 is 23.5 Å². The molecule has 3 rings (SSSR count). The fourth-order valence-corrected chi connectivity index (χ4v) is 3.36. The third kappa shape index (κ3) is 3.03. The number of carbonyl (C=O) groups is 2. The fraction of sp³-hybridized carbons (Fsp3) is 0.611. The van der Waals surface area contributed by atoms with E-state index in [1.165, 1.54) is 0 Å². The molecular formula is C18H26N4O3. The predicted octanol–water partition coefficient (Wildman–Crippen LogP) is 2.10. The molecule has 0 aliphatic carbocycles. The number of hydrogen-bond acceptors (Lipinski definition) is 5. The summed E-state index contributed by atoms with van der Waals surface area (Å²) in [6.45, 7) is 10.9. The Morgan fingerprint density at radius 3 is 2.60 bits per heavy atom. The van der Waals surface area contributed by atoms with Crippen LogP contribution in [0.5, 0.6) is 0 Å². The summed E-state index contributed by atoms with van der Waals surface area (Å²) >= 11 is 0. The van der Waals surface area contributed by atoms with Crippen LogP contribution in [-0.2, 0) is 9.53 Å². The van der Waals surface area contributed by atoms with E-state index in [2.05, 4.69) is 4.98 Å². The third-order valence-corrected chi connectivity index (χ3v) is 4.79. The van der Waals surface area contributed by atoms with Gasteiger partial charge in [0.15, 0.2) is 5.82 Å². The predicted molar refractivity (Wildman–Crippen MR) is 96.1 cm³/mol. The number of hydrogen-bond donors (Lipinski definition) is 0. The zero-order valence-electron chi connectivity index (χ0n) is 15.8. The van der Waals surface area contributed by atoms with Crippen LogP contribution in [0.3, 0.4) is 0 Å². The van der Waals surface area contributed by atoms with Gasteiger partial charge in [0, 0.05) is 26.3 Å². The van der Waals surface area contributed by atoms with Crippen molar-refractivity contribution in [2.24, 2.45) is 0 Å². The highest BCUT2D eigenvalue weighted by Crippen LogP contribution is 2.38. The van der Waals surface area contributed by atoms with Gasteiger partial charge in [-0.05, 0) is 45.7 Å². The molecule has 0 radical (unpaired) electrons. The highest BCUT2D eigenvalue weighted by molar-refractivity contribution is 6.05. The Kier molecular flexibility index (Phi) is 4.13. The Hall–Kier alpha value is -2.31. The van der Waals surface area contributed by atoms with Gasteiger partial charge in [-0.2, -0.15) is 0 Å². The SMILES string of the molecule is Cc1cnc2c(c1C)N(C)C(=O)C1CN(C(=O)OC(C)(C)C)CCN21. The van der Waals surface area contributed by atoms with E-state index in [-0.39, 0.29) is 12.0 Å². The second-order valence-corrected chi connectivity index (χ2v) is 7.77. The van der Waals surface area contributed by atoms with E-state index < -0.39 is 11.6 Å². The minimum Gasteiger partial charge on any atom is -0.444 e. The average molecular weight is 346 g/mol. The Labute approximate surface area is 148 Å². The van der Waals surface area contributed by atoms with Crippen molar-refractivity contribution in [2.75, 3.05) is 36.5 Å². The summed E-state index contributed by atoms with van der Waals surface area (Å²) in [6.07, 6.45) is 1.47. The first-order valence-corrected chi connectivity index (χ1v) is 8.58. The van der Waals surface area contributed by atoms with Crippen LogP contribution in [0, 0.1) is 13.8 Å². The van der Waals surface area contributed by atoms with Gasteiger partial charge in [-0.25, -0.2) is 9.78 Å². The lowest BCUT2D eigenvalue weighted by Gasteiger charge is -2.46. The molecule has 2 amide bonds. The lowest BCUT2D eigenvalue weighted by molar-refractivity contribution is -0.120. The van der Waals surface area contributed by atoms with E-state index in [0.29, 0.717) is 19.6 Å². The van der Waals surface area contributed by atoms with Gasteiger partial charge >= 0.3 is 6.09 Å². The number of ether oxygens (including phenoxy) is 1. The van der Waals surface area contributed by atoms with E-state index >= 15 is 0 Å². The number of aromatic nitrogens is 1. The van der Waals surface area contributed by atoms with Gasteiger partial charge in [-0.15, -0.1) is 0 Å². The van der Waals surface area contributed by atoms with E-state index in [1.807, 2.05) is 45.7 Å². The molecule has 7 nitrogen and oxygen atoms in total. The van der Waals surface area contributed by atoms with E-state index in [1.54, 1.807) is 16.8 Å². The largest absolute Gasteiger partial charge is 0.444 e. The second-order valence-electron chi connectivity index (χ2n) is 7.77. The Bertz CT molecular complexity index is 726. The molecular weight excluding hydrogens is 320 g/mol. The van der Waals surface area contributed by atoms with Gasteiger partial charge in [0.1, 0.15) is 11.6 Å². The molecule has 1 atom stereocenters. The van der Waals surface area contributed by atoms with Crippen LogP contribution in [0.2, 0.25) is 0 Å². The Morgan fingerprint density at radius 2 is 1.96 bits per heavy atom. The number of carbonyl (C=O) groups excluding carboxylic acids is 2. The Balaban J connectivity index is 1.89. The van der Waals surface area contributed by atoms with Gasteiger partial charge in [0.2, 0.25) is 0 Å². The maximum Gasteiger partial charge on any atom is 0.410 e. The minimum absolute atomic E-state index is 0.0174. The zero-order chi connectivity index (χ0) is 18.5. The molecule has 1 aromatic rings. The molecule has 1 saturated heterocycles. The van der Waals surface area contributed by atoms with Crippen molar-refractivity contribution in [3.8, 4) is 0 Å². The summed E-state index contributed by atoms with van der Waals surface area (Å²) in [5.74, 6) is 0.801. The molecule has 2 aliphatic rings. The standard InChI is InChI=1S/C18H26N4O3/c1-11-9-19-15-14(12(11)2)20(6)16(23)13-10-21(7-8-22(13)15)17(24)25-18(3,4)5/h9,13H,7-8,10H2,1-6H3. The van der Waals surface area contributed by atoms with Crippen molar-refractivity contribution in [2.45, 2.75) is 46.3 Å². The highest BCUT2D eigenvalue weighted by Gasteiger charge is 2.43. The maximum atomic E-state index is 12.9. The van der Waals surface area contributed by atoms with Gasteiger partial charge in [0.05, 0.1) is 12.2 Å². The number of fused-ring (bicyclic) bond motifs is 3. The van der Waals surface area contributed by atoms with Gasteiger partial charge in [-0.1, -0.05) is 0 Å². The summed E-state index contributed by atoms with van der Waals surface area (Å²) in [7, 11) is 1.78. The first-order valence-electron chi connectivity index (χ1n) is 8.58. The number of nitrogens with zero attached hydrogens (tertiary/aromatic N) is 4. The highest BCUT2D eigenvalue weighted by atomic mass is 16.6. The molecule has 0 aromatic carbocycles. The molecule has 25 heavy (non-hydrogen) atoms. The van der Waals surface area contributed by atoms with E-state index in [9.17, 15) is 9.59 Å². The number of pyridine rings is 1. The van der Waals surface area contributed by atoms with Crippen molar-refractivity contribution in [3.05, 3.63) is 17.3 Å². The van der Waals surface area contributed by atoms with E-state index in [0.717, 1.165) is 22.6 Å². The summed E-state index contributed by atoms with van der Waals surface area (Å²) < 4.78 is 5.45. The zero-order valence-corrected chi connectivity index (χ0v) is 15.8. The summed E-state index contributed by atoms with van der Waals surface area (Å²) in [5, 5.41) is 0. The molecule has 7 heteroatoms. The molecule has 0 N–H and O–H groups in total. The van der Waals surface area contributed by atoms with E-state index in [4.69, 9.17) is 4.74 Å². The number of piperazine rings is 1. The molecule has 1 aromatic heterocycles. The van der Waals surface area contributed by atoms with Gasteiger partial charge in [-0.3, -0.25) is 4.79 Å². The normalized spacial score (nSPS) is 20.3. The monoisotopic (exact) mass is 346 g/mol. The number of anilines is 2. The molecule has 2 aliphatic heterocycles. The molecule has 3 heterocycles. The quantitative estimate of drug-likeness (QED) is 0.720. The first-order chi connectivity index (χ1) is 11.6. The van der Waals surface area contributed by atoms with Crippen LogP contribution in [0.15, 0.2) is 6.20 Å².